The zero-order valence-electron chi connectivity index (χ0n) is 11.4. The minimum atomic E-state index is -1.56. The first kappa shape index (κ1) is 15.3. The van der Waals surface area contributed by atoms with Crippen LogP contribution in [0.1, 0.15) is 29.9 Å². The number of alkyl halides is 3. The molecule has 1 amide bonds. The number of fused-ring (bicyclic) bond motifs is 4. The lowest BCUT2D eigenvalue weighted by molar-refractivity contribution is 0.0671. The number of benzene rings is 1. The predicted octanol–water partition coefficient (Wildman–Crippen LogP) is 4.30. The van der Waals surface area contributed by atoms with Gasteiger partial charge in [-0.2, -0.15) is 0 Å². The van der Waals surface area contributed by atoms with Gasteiger partial charge < -0.3 is 9.64 Å². The van der Waals surface area contributed by atoms with Gasteiger partial charge in [-0.05, 0) is 36.3 Å². The Kier molecular flexibility index (Phi) is 4.26. The van der Waals surface area contributed by atoms with E-state index in [9.17, 15) is 4.79 Å². The molecule has 2 atom stereocenters. The first-order valence-corrected chi connectivity index (χ1v) is 8.15. The third-order valence-electron chi connectivity index (χ3n) is 4.26. The molecule has 0 N–H and O–H groups in total. The zero-order chi connectivity index (χ0) is 15.0. The van der Waals surface area contributed by atoms with Crippen LogP contribution in [0, 0.1) is 0 Å². The fourth-order valence-electron chi connectivity index (χ4n) is 3.37. The quantitative estimate of drug-likeness (QED) is 0.708. The summed E-state index contributed by atoms with van der Waals surface area (Å²) in [6.07, 6.45) is 2.43. The SMILES string of the molecule is O=C(OCC(Cl)(Cl)Cl)N1CC[C@H]2C[C@@H]1Cc1ccccc12. The highest BCUT2D eigenvalue weighted by atomic mass is 35.6. The summed E-state index contributed by atoms with van der Waals surface area (Å²) in [4.78, 5) is 14.0. The highest BCUT2D eigenvalue weighted by molar-refractivity contribution is 6.67. The second-order valence-corrected chi connectivity index (χ2v) is 8.16. The minimum Gasteiger partial charge on any atom is -0.445 e. The molecule has 1 aromatic rings. The third-order valence-corrected chi connectivity index (χ3v) is 4.59. The van der Waals surface area contributed by atoms with Crippen LogP contribution in [0.25, 0.3) is 0 Å². The molecule has 3 nitrogen and oxygen atoms in total. The van der Waals surface area contributed by atoms with E-state index in [4.69, 9.17) is 39.5 Å². The Morgan fingerprint density at radius 2 is 2.10 bits per heavy atom. The van der Waals surface area contributed by atoms with Crippen LogP contribution in [-0.2, 0) is 11.2 Å². The van der Waals surface area contributed by atoms with Crippen LogP contribution in [0.5, 0.6) is 0 Å². The van der Waals surface area contributed by atoms with E-state index >= 15 is 0 Å². The van der Waals surface area contributed by atoms with Crippen LogP contribution >= 0.6 is 34.8 Å². The minimum absolute atomic E-state index is 0.182. The molecule has 6 heteroatoms. The van der Waals surface area contributed by atoms with E-state index in [1.165, 1.54) is 11.1 Å². The molecule has 2 aliphatic rings. The van der Waals surface area contributed by atoms with Crippen molar-refractivity contribution in [3.8, 4) is 0 Å². The molecule has 1 heterocycles. The molecule has 2 bridgehead atoms. The maximum atomic E-state index is 12.2. The average Bonchev–Trinajstić information content (AvgIpc) is 2.44. The molecule has 0 aromatic heterocycles. The normalized spacial score (nSPS) is 24.4. The van der Waals surface area contributed by atoms with Crippen LogP contribution in [0.3, 0.4) is 0 Å². The third kappa shape index (κ3) is 3.41. The van der Waals surface area contributed by atoms with Crippen molar-refractivity contribution in [2.24, 2.45) is 0 Å². The van der Waals surface area contributed by atoms with Gasteiger partial charge in [0.05, 0.1) is 0 Å². The monoisotopic (exact) mass is 347 g/mol. The first-order chi connectivity index (χ1) is 9.94. The van der Waals surface area contributed by atoms with Crippen molar-refractivity contribution >= 4 is 40.9 Å². The van der Waals surface area contributed by atoms with E-state index in [1.54, 1.807) is 4.90 Å². The zero-order valence-corrected chi connectivity index (χ0v) is 13.7. The van der Waals surface area contributed by atoms with E-state index in [0.717, 1.165) is 19.3 Å². The van der Waals surface area contributed by atoms with E-state index in [2.05, 4.69) is 18.2 Å². The van der Waals surface area contributed by atoms with Crippen molar-refractivity contribution in [3.63, 3.8) is 0 Å². The lowest BCUT2D eigenvalue weighted by atomic mass is 9.75. The fourth-order valence-corrected chi connectivity index (χ4v) is 3.53. The van der Waals surface area contributed by atoms with Gasteiger partial charge in [-0.25, -0.2) is 4.79 Å². The number of ether oxygens (including phenoxy) is 1. The molecule has 1 saturated heterocycles. The summed E-state index contributed by atoms with van der Waals surface area (Å²) in [5.41, 5.74) is 2.76. The van der Waals surface area contributed by atoms with Crippen LogP contribution in [0.4, 0.5) is 4.79 Å². The molecule has 0 saturated carbocycles. The highest BCUT2D eigenvalue weighted by Gasteiger charge is 2.38. The molecule has 3 rings (SSSR count). The first-order valence-electron chi connectivity index (χ1n) is 7.02. The molecule has 114 valence electrons. The number of nitrogens with zero attached hydrogens (tertiary/aromatic N) is 1. The number of piperidine rings is 1. The molecule has 1 aliphatic carbocycles. The number of rotatable bonds is 1. The van der Waals surface area contributed by atoms with Crippen molar-refractivity contribution in [2.75, 3.05) is 13.2 Å². The standard InChI is InChI=1S/C15H16Cl3NO2/c16-15(17,18)9-21-14(20)19-6-5-11-8-12(19)7-10-3-1-2-4-13(10)11/h1-4,11-12H,5-9H2/t11-,12-/m0/s1. The average molecular weight is 349 g/mol. The largest absolute Gasteiger partial charge is 0.445 e. The number of likely N-dealkylation sites (tertiary alicyclic amines) is 1. The Morgan fingerprint density at radius 3 is 2.86 bits per heavy atom. The maximum absolute atomic E-state index is 12.2. The number of carbonyl (C=O) groups excluding carboxylic acids is 1. The molecule has 0 spiro atoms. The second-order valence-electron chi connectivity index (χ2n) is 5.64. The van der Waals surface area contributed by atoms with E-state index in [1.807, 2.05) is 6.07 Å². The summed E-state index contributed by atoms with van der Waals surface area (Å²) in [6, 6.07) is 8.66. The van der Waals surface area contributed by atoms with Gasteiger partial charge in [0.15, 0.2) is 0 Å². The molecular weight excluding hydrogens is 333 g/mol. The Balaban J connectivity index is 1.70. The topological polar surface area (TPSA) is 29.5 Å². The van der Waals surface area contributed by atoms with Gasteiger partial charge in [0, 0.05) is 12.6 Å². The van der Waals surface area contributed by atoms with Gasteiger partial charge in [-0.1, -0.05) is 59.1 Å². The van der Waals surface area contributed by atoms with Gasteiger partial charge >= 0.3 is 6.09 Å². The summed E-state index contributed by atoms with van der Waals surface area (Å²) < 4.78 is 3.55. The smallest absolute Gasteiger partial charge is 0.410 e. The molecule has 1 aliphatic heterocycles. The van der Waals surface area contributed by atoms with Gasteiger partial charge in [0.1, 0.15) is 6.61 Å². The number of halogens is 3. The fraction of sp³-hybridized carbons (Fsp3) is 0.533. The van der Waals surface area contributed by atoms with Crippen molar-refractivity contribution in [3.05, 3.63) is 35.4 Å². The Labute approximate surface area is 139 Å². The van der Waals surface area contributed by atoms with Crippen molar-refractivity contribution in [1.29, 1.82) is 0 Å². The van der Waals surface area contributed by atoms with Crippen LogP contribution in [0.2, 0.25) is 0 Å². The lowest BCUT2D eigenvalue weighted by Gasteiger charge is -2.43. The lowest BCUT2D eigenvalue weighted by Crippen LogP contribution is -2.49. The summed E-state index contributed by atoms with van der Waals surface area (Å²) in [5, 5.41) is 0. The summed E-state index contributed by atoms with van der Waals surface area (Å²) >= 11 is 16.9. The van der Waals surface area contributed by atoms with E-state index in [0.29, 0.717) is 12.5 Å². The van der Waals surface area contributed by atoms with Crippen molar-refractivity contribution in [2.45, 2.75) is 35.0 Å². The number of carbonyl (C=O) groups is 1. The Bertz CT molecular complexity index is 544. The van der Waals surface area contributed by atoms with Gasteiger partial charge in [0.25, 0.3) is 0 Å². The molecule has 0 unspecified atom stereocenters. The van der Waals surface area contributed by atoms with Crippen LogP contribution in [0.15, 0.2) is 24.3 Å². The van der Waals surface area contributed by atoms with Gasteiger partial charge in [-0.3, -0.25) is 0 Å². The molecule has 1 fully saturated rings. The van der Waals surface area contributed by atoms with Crippen molar-refractivity contribution < 1.29 is 9.53 Å². The van der Waals surface area contributed by atoms with Gasteiger partial charge in [-0.15, -0.1) is 0 Å². The van der Waals surface area contributed by atoms with E-state index in [-0.39, 0.29) is 18.7 Å². The summed E-state index contributed by atoms with van der Waals surface area (Å²) in [7, 11) is 0. The van der Waals surface area contributed by atoms with Crippen molar-refractivity contribution in [1.82, 2.24) is 4.90 Å². The molecule has 21 heavy (non-hydrogen) atoms. The van der Waals surface area contributed by atoms with E-state index < -0.39 is 3.79 Å². The number of hydrogen-bond acceptors (Lipinski definition) is 2. The highest BCUT2D eigenvalue weighted by Crippen LogP contribution is 2.40. The molecule has 0 radical (unpaired) electrons. The van der Waals surface area contributed by atoms with Gasteiger partial charge in [0.2, 0.25) is 3.79 Å². The Morgan fingerprint density at radius 1 is 1.33 bits per heavy atom. The maximum Gasteiger partial charge on any atom is 0.410 e. The second kappa shape index (κ2) is 5.86. The van der Waals surface area contributed by atoms with Crippen LogP contribution < -0.4 is 0 Å². The number of amides is 1. The molecular formula is C15H16Cl3NO2. The summed E-state index contributed by atoms with van der Waals surface area (Å²) in [5.74, 6) is 0.539. The Hall–Kier alpha value is -0.640. The predicted molar refractivity (Wildman–Crippen MR) is 84.3 cm³/mol. The number of hydrogen-bond donors (Lipinski definition) is 0. The molecule has 1 aromatic carbocycles. The van der Waals surface area contributed by atoms with Crippen LogP contribution in [-0.4, -0.2) is 34.0 Å². The summed E-state index contributed by atoms with van der Waals surface area (Å²) in [6.45, 7) is 0.474.